The average molecular weight is 245 g/mol. The molecule has 0 aliphatic heterocycles. The summed E-state index contributed by atoms with van der Waals surface area (Å²) in [4.78, 5) is 0. The Balaban J connectivity index is 2.71. The summed E-state index contributed by atoms with van der Waals surface area (Å²) in [7, 11) is 0. The lowest BCUT2D eigenvalue weighted by Crippen LogP contribution is -2.24. The lowest BCUT2D eigenvalue weighted by molar-refractivity contribution is 0.590. The van der Waals surface area contributed by atoms with Crippen LogP contribution in [0.4, 0.5) is 0 Å². The summed E-state index contributed by atoms with van der Waals surface area (Å²) in [5.41, 5.74) is 4.27. The first-order valence-electron chi connectivity index (χ1n) is 6.80. The summed E-state index contributed by atoms with van der Waals surface area (Å²) in [5.74, 6) is 0. The highest BCUT2D eigenvalue weighted by Crippen LogP contribution is 2.22. The molecule has 0 radical (unpaired) electrons. The molecule has 0 saturated heterocycles. The largest absolute Gasteiger partial charge is 0.311 e. The fourth-order valence-electron chi connectivity index (χ4n) is 1.78. The minimum atomic E-state index is 0.233. The second kappa shape index (κ2) is 6.19. The molecule has 1 heteroatoms. The van der Waals surface area contributed by atoms with Crippen LogP contribution in [0.25, 0.3) is 6.08 Å². The molecule has 0 bridgehead atoms. The van der Waals surface area contributed by atoms with Gasteiger partial charge in [0.2, 0.25) is 0 Å². The van der Waals surface area contributed by atoms with Gasteiger partial charge in [-0.25, -0.2) is 0 Å². The Morgan fingerprint density at radius 1 is 1.17 bits per heavy atom. The van der Waals surface area contributed by atoms with Crippen LogP contribution in [0, 0.1) is 0 Å². The maximum atomic E-state index is 3.43. The number of rotatable bonds is 4. The van der Waals surface area contributed by atoms with Crippen molar-refractivity contribution in [3.63, 3.8) is 0 Å². The Morgan fingerprint density at radius 2 is 1.72 bits per heavy atom. The summed E-state index contributed by atoms with van der Waals surface area (Å²) in [6.07, 6.45) is 2.25. The quantitative estimate of drug-likeness (QED) is 0.830. The Kier molecular flexibility index (Phi) is 5.15. The minimum absolute atomic E-state index is 0.233. The molecule has 100 valence electrons. The monoisotopic (exact) mass is 245 g/mol. The molecule has 0 saturated carbocycles. The van der Waals surface area contributed by atoms with Gasteiger partial charge in [0.05, 0.1) is 0 Å². The van der Waals surface area contributed by atoms with Gasteiger partial charge in [0.15, 0.2) is 0 Å². The predicted octanol–water partition coefficient (Wildman–Crippen LogP) is 4.39. The molecule has 1 aromatic carbocycles. The van der Waals surface area contributed by atoms with E-state index in [1.165, 1.54) is 16.7 Å². The van der Waals surface area contributed by atoms with E-state index in [0.29, 0.717) is 6.04 Å². The molecule has 0 aromatic heterocycles. The molecule has 0 unspecified atom stereocenters. The highest BCUT2D eigenvalue weighted by Gasteiger charge is 2.12. The molecular formula is C17H27N. The molecule has 0 fully saturated rings. The molecule has 0 heterocycles. The van der Waals surface area contributed by atoms with Gasteiger partial charge in [0, 0.05) is 12.6 Å². The molecule has 1 aromatic rings. The van der Waals surface area contributed by atoms with Crippen LogP contribution < -0.4 is 5.32 Å². The van der Waals surface area contributed by atoms with Gasteiger partial charge in [0.25, 0.3) is 0 Å². The third kappa shape index (κ3) is 5.05. The maximum Gasteiger partial charge on any atom is 0.0167 e. The predicted molar refractivity (Wildman–Crippen MR) is 81.9 cm³/mol. The lowest BCUT2D eigenvalue weighted by Gasteiger charge is -2.18. The summed E-state index contributed by atoms with van der Waals surface area (Å²) in [5, 5.41) is 3.43. The van der Waals surface area contributed by atoms with Gasteiger partial charge in [-0.2, -0.15) is 0 Å². The second-order valence-corrected chi connectivity index (χ2v) is 6.40. The van der Waals surface area contributed by atoms with Crippen molar-refractivity contribution in [3.05, 3.63) is 41.0 Å². The minimum Gasteiger partial charge on any atom is -0.311 e. The van der Waals surface area contributed by atoms with Gasteiger partial charge in [-0.1, -0.05) is 70.5 Å². The van der Waals surface area contributed by atoms with Crippen LogP contribution in [0.3, 0.4) is 0 Å². The topological polar surface area (TPSA) is 12.0 Å². The first-order valence-corrected chi connectivity index (χ1v) is 6.80. The Morgan fingerprint density at radius 3 is 2.17 bits per heavy atom. The van der Waals surface area contributed by atoms with Crippen molar-refractivity contribution in [1.29, 1.82) is 0 Å². The van der Waals surface area contributed by atoms with Crippen LogP contribution in [0.5, 0.6) is 0 Å². The first kappa shape index (κ1) is 15.0. The summed E-state index contributed by atoms with van der Waals surface area (Å²) in [6, 6.07) is 9.42. The van der Waals surface area contributed by atoms with E-state index in [0.717, 1.165) is 6.54 Å². The highest BCUT2D eigenvalue weighted by molar-refractivity contribution is 5.53. The third-order valence-electron chi connectivity index (χ3n) is 2.98. The van der Waals surface area contributed by atoms with E-state index in [2.05, 4.69) is 77.2 Å². The molecule has 18 heavy (non-hydrogen) atoms. The molecule has 0 aliphatic carbocycles. The van der Waals surface area contributed by atoms with E-state index in [1.54, 1.807) is 0 Å². The standard InChI is InChI=1S/C17H27N/c1-13(2)18-12-14(3)11-15-7-9-16(10-8-15)17(4,5)6/h7-11,13,18H,12H2,1-6H3. The smallest absolute Gasteiger partial charge is 0.0167 e. The van der Waals surface area contributed by atoms with E-state index in [-0.39, 0.29) is 5.41 Å². The highest BCUT2D eigenvalue weighted by atomic mass is 14.9. The van der Waals surface area contributed by atoms with Crippen molar-refractivity contribution >= 4 is 6.08 Å². The van der Waals surface area contributed by atoms with Crippen molar-refractivity contribution in [1.82, 2.24) is 5.32 Å². The second-order valence-electron chi connectivity index (χ2n) is 6.40. The zero-order valence-corrected chi connectivity index (χ0v) is 12.7. The summed E-state index contributed by atoms with van der Waals surface area (Å²) in [6.45, 7) is 14.2. The van der Waals surface area contributed by atoms with E-state index in [1.807, 2.05) is 0 Å². The van der Waals surface area contributed by atoms with Gasteiger partial charge in [-0.3, -0.25) is 0 Å². The van der Waals surface area contributed by atoms with E-state index in [4.69, 9.17) is 0 Å². The van der Waals surface area contributed by atoms with Gasteiger partial charge >= 0.3 is 0 Å². The SMILES string of the molecule is CC(=Cc1ccc(C(C)(C)C)cc1)CNC(C)C. The Hall–Kier alpha value is -1.08. The van der Waals surface area contributed by atoms with Crippen molar-refractivity contribution in [2.45, 2.75) is 53.0 Å². The van der Waals surface area contributed by atoms with Gasteiger partial charge in [-0.15, -0.1) is 0 Å². The van der Waals surface area contributed by atoms with Crippen LogP contribution >= 0.6 is 0 Å². The lowest BCUT2D eigenvalue weighted by atomic mass is 9.86. The van der Waals surface area contributed by atoms with Crippen molar-refractivity contribution < 1.29 is 0 Å². The van der Waals surface area contributed by atoms with Crippen molar-refractivity contribution in [3.8, 4) is 0 Å². The normalized spacial score (nSPS) is 13.2. The molecule has 0 aliphatic rings. The number of nitrogens with one attached hydrogen (secondary N) is 1. The maximum absolute atomic E-state index is 3.43. The van der Waals surface area contributed by atoms with E-state index in [9.17, 15) is 0 Å². The zero-order chi connectivity index (χ0) is 13.8. The molecule has 0 atom stereocenters. The molecule has 0 spiro atoms. The number of hydrogen-bond acceptors (Lipinski definition) is 1. The van der Waals surface area contributed by atoms with E-state index >= 15 is 0 Å². The van der Waals surface area contributed by atoms with Crippen molar-refractivity contribution in [2.24, 2.45) is 0 Å². The van der Waals surface area contributed by atoms with Crippen molar-refractivity contribution in [2.75, 3.05) is 6.54 Å². The Bertz CT molecular complexity index is 391. The zero-order valence-electron chi connectivity index (χ0n) is 12.7. The summed E-state index contributed by atoms with van der Waals surface area (Å²) >= 11 is 0. The van der Waals surface area contributed by atoms with Crippen LogP contribution in [0.15, 0.2) is 29.8 Å². The molecule has 1 rings (SSSR count). The third-order valence-corrected chi connectivity index (χ3v) is 2.98. The molecule has 1 nitrogen and oxygen atoms in total. The number of hydrogen-bond donors (Lipinski definition) is 1. The number of benzene rings is 1. The van der Waals surface area contributed by atoms with Gasteiger partial charge < -0.3 is 5.32 Å². The average Bonchev–Trinajstić information content (AvgIpc) is 2.26. The fourth-order valence-corrected chi connectivity index (χ4v) is 1.78. The molecule has 1 N–H and O–H groups in total. The summed E-state index contributed by atoms with van der Waals surface area (Å²) < 4.78 is 0. The fraction of sp³-hybridized carbons (Fsp3) is 0.529. The van der Waals surface area contributed by atoms with Crippen LogP contribution in [-0.2, 0) is 5.41 Å². The van der Waals surface area contributed by atoms with Crippen LogP contribution in [-0.4, -0.2) is 12.6 Å². The van der Waals surface area contributed by atoms with Gasteiger partial charge in [-0.05, 0) is 23.5 Å². The first-order chi connectivity index (χ1) is 8.29. The van der Waals surface area contributed by atoms with Crippen LogP contribution in [0.1, 0.15) is 52.7 Å². The van der Waals surface area contributed by atoms with Gasteiger partial charge in [0.1, 0.15) is 0 Å². The molecule has 0 amide bonds. The van der Waals surface area contributed by atoms with Crippen LogP contribution in [0.2, 0.25) is 0 Å². The Labute approximate surface area is 112 Å². The van der Waals surface area contributed by atoms with E-state index < -0.39 is 0 Å². The molecular weight excluding hydrogens is 218 g/mol.